The van der Waals surface area contributed by atoms with E-state index in [0.29, 0.717) is 13.1 Å². The van der Waals surface area contributed by atoms with Gasteiger partial charge in [0.15, 0.2) is 18.2 Å². The smallest absolute Gasteiger partial charge is 0.354 e. The van der Waals surface area contributed by atoms with Crippen molar-refractivity contribution in [2.24, 2.45) is 15.5 Å². The number of nitrogens with zero attached hydrogens (tertiary/aromatic N) is 5. The Balaban J connectivity index is 2.33. The van der Waals surface area contributed by atoms with E-state index >= 15 is 0 Å². The van der Waals surface area contributed by atoms with E-state index in [2.05, 4.69) is 15.5 Å². The van der Waals surface area contributed by atoms with Gasteiger partial charge in [0.2, 0.25) is 0 Å². The van der Waals surface area contributed by atoms with Crippen LogP contribution in [0.5, 0.6) is 0 Å². The number of guanidine groups is 1. The summed E-state index contributed by atoms with van der Waals surface area (Å²) in [5, 5.41) is 20.3. The average molecular weight is 142 g/mol. The summed E-state index contributed by atoms with van der Waals surface area (Å²) in [5.74, 6) is -0.153. The number of rotatable bonds is 0. The molecule has 1 saturated heterocycles. The normalized spacial score (nSPS) is 25.0. The third kappa shape index (κ3) is 0.494. The third-order valence-electron chi connectivity index (χ3n) is 1.53. The van der Waals surface area contributed by atoms with Crippen LogP contribution in [0.1, 0.15) is 0 Å². The molecule has 0 atom stereocenters. The van der Waals surface area contributed by atoms with E-state index in [1.54, 1.807) is 0 Å². The fraction of sp³-hybridized carbons (Fsp3) is 0.667. The van der Waals surface area contributed by atoms with Crippen LogP contribution in [0, 0.1) is 10.1 Å². The van der Waals surface area contributed by atoms with Crippen LogP contribution in [0.4, 0.5) is 0 Å². The van der Waals surface area contributed by atoms with Crippen molar-refractivity contribution in [3.63, 3.8) is 0 Å². The van der Waals surface area contributed by atoms with Gasteiger partial charge in [-0.1, -0.05) is 4.59 Å². The molecule has 0 amide bonds. The van der Waals surface area contributed by atoms with Crippen molar-refractivity contribution in [3.05, 3.63) is 10.1 Å². The van der Waals surface area contributed by atoms with Crippen molar-refractivity contribution in [1.29, 1.82) is 0 Å². The van der Waals surface area contributed by atoms with Crippen molar-refractivity contribution >= 4 is 5.96 Å². The maximum atomic E-state index is 10.2. The third-order valence-corrected chi connectivity index (χ3v) is 1.53. The summed E-state index contributed by atoms with van der Waals surface area (Å²) >= 11 is 0. The molecular formula is C3H4N5O2+. The monoisotopic (exact) mass is 142 g/mol. The summed E-state index contributed by atoms with van der Waals surface area (Å²) in [6.45, 7) is 1.31. The first-order valence-corrected chi connectivity index (χ1v) is 2.77. The zero-order chi connectivity index (χ0) is 7.19. The molecule has 7 nitrogen and oxygen atoms in total. The van der Waals surface area contributed by atoms with Gasteiger partial charge in [-0.15, -0.1) is 0 Å². The molecule has 0 aromatic heterocycles. The second kappa shape index (κ2) is 1.37. The molecule has 10 heavy (non-hydrogen) atoms. The molecule has 0 saturated carbocycles. The van der Waals surface area contributed by atoms with Crippen LogP contribution in [-0.2, 0) is 0 Å². The van der Waals surface area contributed by atoms with Crippen LogP contribution in [0.25, 0.3) is 0 Å². The highest BCUT2D eigenvalue weighted by atomic mass is 16.6. The van der Waals surface area contributed by atoms with Crippen LogP contribution in [0.15, 0.2) is 15.5 Å². The van der Waals surface area contributed by atoms with Crippen molar-refractivity contribution in [3.8, 4) is 0 Å². The van der Waals surface area contributed by atoms with Crippen molar-refractivity contribution in [1.82, 2.24) is 0 Å². The fourth-order valence-electron chi connectivity index (χ4n) is 0.832. The second-order valence-electron chi connectivity index (χ2n) is 2.21. The first-order valence-electron chi connectivity index (χ1n) is 2.77. The zero-order valence-electron chi connectivity index (χ0n) is 4.97. The molecule has 7 heteroatoms. The maximum absolute atomic E-state index is 10.2. The molecule has 1 spiro atoms. The van der Waals surface area contributed by atoms with Crippen LogP contribution in [0.3, 0.4) is 0 Å². The Morgan fingerprint density at radius 2 is 2.30 bits per heavy atom. The van der Waals surface area contributed by atoms with E-state index < -0.39 is 4.92 Å². The number of quaternary nitrogens is 1. The quantitative estimate of drug-likeness (QED) is 0.202. The molecule has 0 bridgehead atoms. The molecule has 0 aromatic rings. The lowest BCUT2D eigenvalue weighted by Gasteiger charge is -1.94. The molecule has 0 radical (unpaired) electrons. The minimum absolute atomic E-state index is 0.00694. The summed E-state index contributed by atoms with van der Waals surface area (Å²) in [6.07, 6.45) is 0. The van der Waals surface area contributed by atoms with E-state index in [1.165, 1.54) is 0 Å². The fourth-order valence-corrected chi connectivity index (χ4v) is 0.832. The Bertz CT molecular complexity index is 252. The Morgan fingerprint density at radius 1 is 1.60 bits per heavy atom. The van der Waals surface area contributed by atoms with Gasteiger partial charge in [-0.2, -0.15) is 0 Å². The van der Waals surface area contributed by atoms with Gasteiger partial charge in [0.25, 0.3) is 0 Å². The van der Waals surface area contributed by atoms with Crippen LogP contribution in [-0.4, -0.2) is 28.6 Å². The molecule has 0 aromatic carbocycles. The highest BCUT2D eigenvalue weighted by Crippen LogP contribution is 2.27. The molecule has 0 N–H and O–H groups in total. The molecule has 0 unspecified atom stereocenters. The topological polar surface area (TPSA) is 80.2 Å². The van der Waals surface area contributed by atoms with Gasteiger partial charge in [0.1, 0.15) is 5.22 Å². The largest absolute Gasteiger partial charge is 0.593 e. The standard InChI is InChI=1S/C3H4N5O2/c9-7(10)3-4-5-6-8(3)1-2-8/h1-2H2/q+1. The first-order chi connectivity index (χ1) is 4.75. The minimum atomic E-state index is -0.535. The van der Waals surface area contributed by atoms with Gasteiger partial charge in [-0.25, -0.2) is 0 Å². The number of hydrogen-bond acceptors (Lipinski definition) is 5. The van der Waals surface area contributed by atoms with Crippen LogP contribution >= 0.6 is 0 Å². The average Bonchev–Trinajstić information content (AvgIpc) is 2.42. The van der Waals surface area contributed by atoms with Gasteiger partial charge >= 0.3 is 5.96 Å². The summed E-state index contributed by atoms with van der Waals surface area (Å²) in [4.78, 5) is 9.66. The van der Waals surface area contributed by atoms with E-state index in [1.807, 2.05) is 0 Å². The Morgan fingerprint density at radius 3 is 2.70 bits per heavy atom. The van der Waals surface area contributed by atoms with Crippen molar-refractivity contribution < 1.29 is 9.52 Å². The molecule has 0 aliphatic carbocycles. The zero-order valence-corrected chi connectivity index (χ0v) is 4.97. The SMILES string of the molecule is O=[N+]([O-])C1=NN=N[N+]12CC2. The summed E-state index contributed by atoms with van der Waals surface area (Å²) in [7, 11) is 0. The van der Waals surface area contributed by atoms with Gasteiger partial charge in [-0.05, 0) is 0 Å². The van der Waals surface area contributed by atoms with Gasteiger partial charge in [0.05, 0.1) is 5.22 Å². The number of nitro groups is 1. The summed E-state index contributed by atoms with van der Waals surface area (Å²) in [5.41, 5.74) is 0. The van der Waals surface area contributed by atoms with Gasteiger partial charge < -0.3 is 10.1 Å². The molecule has 2 rings (SSSR count). The highest BCUT2D eigenvalue weighted by Gasteiger charge is 2.62. The molecule has 52 valence electrons. The van der Waals surface area contributed by atoms with Crippen LogP contribution < -0.4 is 0 Å². The lowest BCUT2D eigenvalue weighted by molar-refractivity contribution is -0.753. The molecule has 2 aliphatic rings. The molecular weight excluding hydrogens is 138 g/mol. The van der Waals surface area contributed by atoms with Crippen LogP contribution in [0.2, 0.25) is 0 Å². The predicted molar refractivity (Wildman–Crippen MR) is 29.3 cm³/mol. The Labute approximate surface area is 55.4 Å². The van der Waals surface area contributed by atoms with Gasteiger partial charge in [0, 0.05) is 4.92 Å². The van der Waals surface area contributed by atoms with E-state index in [-0.39, 0.29) is 10.6 Å². The number of hydrogen-bond donors (Lipinski definition) is 0. The Kier molecular flexibility index (Phi) is 0.744. The Hall–Kier alpha value is -1.37. The molecule has 2 aliphatic heterocycles. The summed E-state index contributed by atoms with van der Waals surface area (Å²) < 4.78 is 0.00694. The lowest BCUT2D eigenvalue weighted by Crippen LogP contribution is -2.31. The second-order valence-corrected chi connectivity index (χ2v) is 2.21. The van der Waals surface area contributed by atoms with E-state index in [4.69, 9.17) is 0 Å². The molecule has 2 heterocycles. The lowest BCUT2D eigenvalue weighted by atomic mass is 10.9. The van der Waals surface area contributed by atoms with Crippen molar-refractivity contribution in [2.45, 2.75) is 0 Å². The molecule has 1 fully saturated rings. The van der Waals surface area contributed by atoms with E-state index in [0.717, 1.165) is 0 Å². The highest BCUT2D eigenvalue weighted by molar-refractivity contribution is 5.65. The predicted octanol–water partition coefficient (Wildman–Crippen LogP) is -0.255. The van der Waals surface area contributed by atoms with E-state index in [9.17, 15) is 10.1 Å². The minimum Gasteiger partial charge on any atom is -0.354 e. The van der Waals surface area contributed by atoms with Crippen molar-refractivity contribution in [2.75, 3.05) is 13.1 Å². The summed E-state index contributed by atoms with van der Waals surface area (Å²) in [6, 6.07) is 0. The maximum Gasteiger partial charge on any atom is 0.593 e. The first kappa shape index (κ1) is 5.42. The van der Waals surface area contributed by atoms with Gasteiger partial charge in [-0.3, -0.25) is 0 Å².